The molecule has 4 N–H and O–H groups in total. The van der Waals surface area contributed by atoms with Gasteiger partial charge in [-0.25, -0.2) is 4.79 Å². The molecule has 0 aliphatic rings. The first-order valence-electron chi connectivity index (χ1n) is 6.61. The summed E-state index contributed by atoms with van der Waals surface area (Å²) in [6.07, 6.45) is -4.35. The van der Waals surface area contributed by atoms with E-state index in [4.69, 9.17) is 5.73 Å². The number of benzene rings is 1. The van der Waals surface area contributed by atoms with Crippen molar-refractivity contribution in [2.24, 2.45) is 5.73 Å². The molecule has 0 atom stereocenters. The summed E-state index contributed by atoms with van der Waals surface area (Å²) < 4.78 is 42.4. The summed E-state index contributed by atoms with van der Waals surface area (Å²) in [7, 11) is 1.25. The number of hydrogen-bond donors (Lipinski definition) is 3. The van der Waals surface area contributed by atoms with Gasteiger partial charge in [-0.05, 0) is 24.3 Å². The van der Waals surface area contributed by atoms with Gasteiger partial charge in [-0.15, -0.1) is 0 Å². The Balaban J connectivity index is 2.52. The van der Waals surface area contributed by atoms with Gasteiger partial charge in [-0.2, -0.15) is 13.2 Å². The van der Waals surface area contributed by atoms with E-state index in [1.165, 1.54) is 19.2 Å². The molecule has 0 spiro atoms. The number of nitrogens with two attached hydrogens (primary N) is 1. The van der Waals surface area contributed by atoms with E-state index in [0.717, 1.165) is 12.1 Å². The zero-order valence-corrected chi connectivity index (χ0v) is 13.9. The van der Waals surface area contributed by atoms with Gasteiger partial charge < -0.3 is 21.1 Å². The highest BCUT2D eigenvalue weighted by Crippen LogP contribution is 2.29. The van der Waals surface area contributed by atoms with Gasteiger partial charge in [-0.1, -0.05) is 15.9 Å². The molecule has 0 fully saturated rings. The fourth-order valence-corrected chi connectivity index (χ4v) is 1.96. The molecule has 0 heterocycles. The maximum absolute atomic E-state index is 12.4. The average Bonchev–Trinajstić information content (AvgIpc) is 2.53. The second kappa shape index (κ2) is 8.78. The Morgan fingerprint density at radius 2 is 1.87 bits per heavy atom. The second-order valence-electron chi connectivity index (χ2n) is 4.40. The topological polar surface area (TPSA) is 76.4 Å². The number of methoxy groups -OCH3 is 1. The van der Waals surface area contributed by atoms with Gasteiger partial charge in [0.05, 0.1) is 12.7 Å². The van der Waals surface area contributed by atoms with E-state index in [9.17, 15) is 18.0 Å². The molecule has 0 saturated heterocycles. The zero-order valence-electron chi connectivity index (χ0n) is 12.3. The number of rotatable bonds is 7. The number of anilines is 1. The molecule has 0 unspecified atom stereocenters. The molecule has 1 aromatic rings. The van der Waals surface area contributed by atoms with Crippen LogP contribution in [0.4, 0.5) is 18.9 Å². The third-order valence-electron chi connectivity index (χ3n) is 2.81. The molecule has 23 heavy (non-hydrogen) atoms. The molecule has 5 nitrogen and oxygen atoms in total. The minimum absolute atomic E-state index is 0.129. The van der Waals surface area contributed by atoms with Crippen molar-refractivity contribution in [1.82, 2.24) is 5.32 Å². The lowest BCUT2D eigenvalue weighted by molar-refractivity contribution is -0.138. The minimum Gasteiger partial charge on any atom is -0.464 e. The lowest BCUT2D eigenvalue weighted by Crippen LogP contribution is -2.28. The molecule has 0 aliphatic carbocycles. The number of halogens is 4. The van der Waals surface area contributed by atoms with E-state index in [1.54, 1.807) is 0 Å². The molecule has 1 aromatic carbocycles. The van der Waals surface area contributed by atoms with Crippen LogP contribution >= 0.6 is 15.9 Å². The first-order chi connectivity index (χ1) is 10.8. The number of hydrogen-bond acceptors (Lipinski definition) is 5. The van der Waals surface area contributed by atoms with Crippen LogP contribution in [-0.2, 0) is 15.7 Å². The Bertz CT molecular complexity index is 559. The van der Waals surface area contributed by atoms with Crippen LogP contribution in [0.25, 0.3) is 0 Å². The van der Waals surface area contributed by atoms with Crippen LogP contribution in [0.15, 0.2) is 34.4 Å². The highest BCUT2D eigenvalue weighted by Gasteiger charge is 2.29. The maximum atomic E-state index is 12.4. The Hall–Kier alpha value is -1.74. The van der Waals surface area contributed by atoms with Gasteiger partial charge in [0.15, 0.2) is 0 Å². The number of carbonyl (C=O) groups is 1. The molecule has 0 radical (unpaired) electrons. The normalized spacial score (nSPS) is 12.4. The van der Waals surface area contributed by atoms with E-state index >= 15 is 0 Å². The van der Waals surface area contributed by atoms with Gasteiger partial charge in [-0.3, -0.25) is 0 Å². The van der Waals surface area contributed by atoms with E-state index in [0.29, 0.717) is 23.3 Å². The van der Waals surface area contributed by atoms with Crippen molar-refractivity contribution in [3.8, 4) is 0 Å². The quantitative estimate of drug-likeness (QED) is 0.375. The van der Waals surface area contributed by atoms with Gasteiger partial charge in [0.1, 0.15) is 5.70 Å². The van der Waals surface area contributed by atoms with E-state index in [2.05, 4.69) is 31.3 Å². The second-order valence-corrected chi connectivity index (χ2v) is 5.36. The lowest BCUT2D eigenvalue weighted by Gasteiger charge is -2.13. The summed E-state index contributed by atoms with van der Waals surface area (Å²) >= 11 is 3.17. The smallest absolute Gasteiger partial charge is 0.416 e. The van der Waals surface area contributed by atoms with Crippen LogP contribution in [0.5, 0.6) is 0 Å². The van der Waals surface area contributed by atoms with Crippen molar-refractivity contribution < 1.29 is 22.7 Å². The molecule has 0 aromatic heterocycles. The highest BCUT2D eigenvalue weighted by atomic mass is 79.9. The van der Waals surface area contributed by atoms with Crippen LogP contribution in [0.3, 0.4) is 0 Å². The summed E-state index contributed by atoms with van der Waals surface area (Å²) in [5.74, 6) is -0.558. The lowest BCUT2D eigenvalue weighted by atomic mass is 10.2. The Morgan fingerprint density at radius 1 is 1.26 bits per heavy atom. The predicted octanol–water partition coefficient (Wildman–Crippen LogP) is 2.45. The van der Waals surface area contributed by atoms with E-state index in [1.807, 2.05) is 0 Å². The Morgan fingerprint density at radius 3 is 2.35 bits per heavy atom. The standard InChI is InChI=1S/C14H17BrF3N3O2/c1-23-13(22)12(11(15)8-19)21-7-6-20-10-4-2-9(3-5-10)14(16,17)18/h2-5,20-21H,6-8,19H2,1H3/b12-11+. The SMILES string of the molecule is COC(=O)/C(NCCNc1ccc(C(F)(F)F)cc1)=C(\Br)CN. The van der Waals surface area contributed by atoms with Crippen molar-refractivity contribution in [1.29, 1.82) is 0 Å². The van der Waals surface area contributed by atoms with Crippen LogP contribution in [-0.4, -0.2) is 32.7 Å². The molecule has 0 aliphatic heterocycles. The number of carbonyl (C=O) groups excluding carboxylic acids is 1. The monoisotopic (exact) mass is 395 g/mol. The Labute approximate surface area is 140 Å². The third-order valence-corrected chi connectivity index (χ3v) is 3.53. The molecule has 0 saturated carbocycles. The summed E-state index contributed by atoms with van der Waals surface area (Å²) in [5, 5.41) is 5.80. The van der Waals surface area contributed by atoms with Crippen LogP contribution in [0.1, 0.15) is 5.56 Å². The van der Waals surface area contributed by atoms with Gasteiger partial charge in [0.25, 0.3) is 0 Å². The molecular formula is C14H17BrF3N3O2. The highest BCUT2D eigenvalue weighted by molar-refractivity contribution is 9.11. The van der Waals surface area contributed by atoms with Crippen molar-refractivity contribution in [3.63, 3.8) is 0 Å². The predicted molar refractivity (Wildman–Crippen MR) is 85.0 cm³/mol. The maximum Gasteiger partial charge on any atom is 0.416 e. The minimum atomic E-state index is -4.35. The van der Waals surface area contributed by atoms with E-state index < -0.39 is 17.7 Å². The van der Waals surface area contributed by atoms with Crippen molar-refractivity contribution in [2.45, 2.75) is 6.18 Å². The largest absolute Gasteiger partial charge is 0.464 e. The fourth-order valence-electron chi connectivity index (χ4n) is 1.65. The molecule has 0 bridgehead atoms. The third kappa shape index (κ3) is 6.11. The van der Waals surface area contributed by atoms with Gasteiger partial charge in [0.2, 0.25) is 0 Å². The molecule has 0 amide bonds. The van der Waals surface area contributed by atoms with Crippen LogP contribution in [0.2, 0.25) is 0 Å². The van der Waals surface area contributed by atoms with Crippen molar-refractivity contribution in [2.75, 3.05) is 32.1 Å². The molecular weight excluding hydrogens is 379 g/mol. The van der Waals surface area contributed by atoms with E-state index in [-0.39, 0.29) is 12.2 Å². The zero-order chi connectivity index (χ0) is 17.5. The number of esters is 1. The molecule has 1 rings (SSSR count). The number of nitrogens with one attached hydrogen (secondary N) is 2. The summed E-state index contributed by atoms with van der Waals surface area (Å²) in [6.45, 7) is 0.862. The van der Waals surface area contributed by atoms with Crippen molar-refractivity contribution >= 4 is 27.6 Å². The summed E-state index contributed by atoms with van der Waals surface area (Å²) in [6, 6.07) is 4.69. The fraction of sp³-hybridized carbons (Fsp3) is 0.357. The first-order valence-corrected chi connectivity index (χ1v) is 7.41. The van der Waals surface area contributed by atoms with Crippen molar-refractivity contribution in [3.05, 3.63) is 40.0 Å². The molecule has 128 valence electrons. The molecule has 9 heteroatoms. The average molecular weight is 396 g/mol. The number of ether oxygens (including phenoxy) is 1. The summed E-state index contributed by atoms with van der Waals surface area (Å²) in [5.41, 5.74) is 5.50. The Kier molecular flexibility index (Phi) is 7.37. The van der Waals surface area contributed by atoms with Crippen LogP contribution in [0, 0.1) is 0 Å². The number of alkyl halides is 3. The van der Waals surface area contributed by atoms with Gasteiger partial charge >= 0.3 is 12.1 Å². The van der Waals surface area contributed by atoms with Gasteiger partial charge in [0, 0.05) is 29.8 Å². The van der Waals surface area contributed by atoms with Crippen LogP contribution < -0.4 is 16.4 Å². The summed E-state index contributed by atoms with van der Waals surface area (Å²) in [4.78, 5) is 11.6. The first kappa shape index (κ1) is 19.3.